The molecule has 0 radical (unpaired) electrons. The number of ether oxygens (including phenoxy) is 2. The van der Waals surface area contributed by atoms with Gasteiger partial charge in [-0.25, -0.2) is 22.8 Å². The molecule has 2 aromatic rings. The minimum Gasteiger partial charge on any atom is -0.445 e. The molecule has 3 rings (SSSR count). The summed E-state index contributed by atoms with van der Waals surface area (Å²) in [5.41, 5.74) is 3.61. The van der Waals surface area contributed by atoms with Crippen LogP contribution in [0.15, 0.2) is 29.2 Å². The molecule has 2 amide bonds. The molecule has 4 unspecified atom stereocenters. The number of nitrogens with one attached hydrogen (secondary N) is 1. The van der Waals surface area contributed by atoms with Gasteiger partial charge in [0, 0.05) is 18.7 Å². The van der Waals surface area contributed by atoms with E-state index in [1.54, 1.807) is 0 Å². The molecular weight excluding hydrogens is 481 g/mol. The van der Waals surface area contributed by atoms with Gasteiger partial charge in [-0.15, -0.1) is 0 Å². The van der Waals surface area contributed by atoms with Gasteiger partial charge in [0.05, 0.1) is 13.0 Å². The van der Waals surface area contributed by atoms with Gasteiger partial charge in [-0.3, -0.25) is 9.36 Å². The molecule has 12 nitrogen and oxygen atoms in total. The quantitative estimate of drug-likeness (QED) is 0.291. The predicted molar refractivity (Wildman–Crippen MR) is 109 cm³/mol. The van der Waals surface area contributed by atoms with E-state index in [-0.39, 0.29) is 11.4 Å². The van der Waals surface area contributed by atoms with Crippen molar-refractivity contribution >= 4 is 17.8 Å². The fourth-order valence-corrected chi connectivity index (χ4v) is 3.47. The maximum atomic E-state index is 13.9. The van der Waals surface area contributed by atoms with Crippen molar-refractivity contribution in [3.63, 3.8) is 0 Å². The highest BCUT2D eigenvalue weighted by Gasteiger charge is 2.43. The standard InChI is InChI=1S/C20H21F3N4O8/c21-10-6-12(23)11(22)4-8(10)3-9(34-19(24)32)5-15(29)25-14-1-2-27(20(33)26-14)18-17(31)16(30)13(7-28)35-18/h1-2,4,6,9,13,16-18,28,30-31H,3,5,7H2,(H2,24,32)(H,25,26,29,33)/t9-,13?,16?,17?,18?/m1/s1. The predicted octanol–water partition coefficient (Wildman–Crippen LogP) is -0.693. The molecule has 0 saturated carbocycles. The number of nitrogens with zero attached hydrogens (tertiary/aromatic N) is 2. The molecule has 0 aliphatic carbocycles. The maximum absolute atomic E-state index is 13.9. The molecule has 1 aliphatic heterocycles. The van der Waals surface area contributed by atoms with E-state index < -0.39 is 85.2 Å². The number of primary amides is 1. The number of hydrogen-bond donors (Lipinski definition) is 5. The van der Waals surface area contributed by atoms with Gasteiger partial charge in [0.2, 0.25) is 5.91 Å². The van der Waals surface area contributed by atoms with Crippen LogP contribution in [0.3, 0.4) is 0 Å². The summed E-state index contributed by atoms with van der Waals surface area (Å²) < 4.78 is 51.4. The number of aliphatic hydroxyl groups excluding tert-OH is 3. The summed E-state index contributed by atoms with van der Waals surface area (Å²) >= 11 is 0. The van der Waals surface area contributed by atoms with Gasteiger partial charge in [-0.05, 0) is 17.7 Å². The first-order chi connectivity index (χ1) is 16.5. The Morgan fingerprint density at radius 2 is 1.89 bits per heavy atom. The van der Waals surface area contributed by atoms with E-state index in [0.717, 1.165) is 16.8 Å². The zero-order chi connectivity index (χ0) is 25.9. The Morgan fingerprint density at radius 3 is 2.49 bits per heavy atom. The normalized spacial score (nSPS) is 22.6. The van der Waals surface area contributed by atoms with Crippen LogP contribution >= 0.6 is 0 Å². The van der Waals surface area contributed by atoms with E-state index in [4.69, 9.17) is 20.3 Å². The highest BCUT2D eigenvalue weighted by Crippen LogP contribution is 2.28. The van der Waals surface area contributed by atoms with Crippen molar-refractivity contribution in [3.05, 3.63) is 57.9 Å². The second kappa shape index (κ2) is 10.8. The van der Waals surface area contributed by atoms with Crippen molar-refractivity contribution in [2.45, 2.75) is 43.5 Å². The third-order valence-corrected chi connectivity index (χ3v) is 5.12. The van der Waals surface area contributed by atoms with E-state index in [0.29, 0.717) is 12.1 Å². The molecule has 6 N–H and O–H groups in total. The molecule has 1 fully saturated rings. The molecule has 190 valence electrons. The summed E-state index contributed by atoms with van der Waals surface area (Å²) in [6.45, 7) is -0.603. The van der Waals surface area contributed by atoms with Crippen molar-refractivity contribution in [3.8, 4) is 0 Å². The Balaban J connectivity index is 1.70. The van der Waals surface area contributed by atoms with Crippen molar-refractivity contribution in [1.82, 2.24) is 9.55 Å². The third kappa shape index (κ3) is 6.13. The largest absolute Gasteiger partial charge is 0.445 e. The van der Waals surface area contributed by atoms with E-state index in [1.165, 1.54) is 0 Å². The van der Waals surface area contributed by atoms with Crippen molar-refractivity contribution in [2.24, 2.45) is 5.73 Å². The zero-order valence-corrected chi connectivity index (χ0v) is 17.8. The Bertz CT molecular complexity index is 1160. The number of aromatic nitrogens is 2. The molecule has 5 atom stereocenters. The Labute approximate surface area is 194 Å². The van der Waals surface area contributed by atoms with Gasteiger partial charge >= 0.3 is 11.8 Å². The monoisotopic (exact) mass is 502 g/mol. The maximum Gasteiger partial charge on any atom is 0.404 e. The zero-order valence-electron chi connectivity index (χ0n) is 17.8. The van der Waals surface area contributed by atoms with E-state index in [2.05, 4.69) is 10.3 Å². The lowest BCUT2D eigenvalue weighted by molar-refractivity contribution is -0.118. The number of rotatable bonds is 8. The van der Waals surface area contributed by atoms with Crippen LogP contribution < -0.4 is 16.7 Å². The first-order valence-corrected chi connectivity index (χ1v) is 10.1. The fraction of sp³-hybridized carbons (Fsp3) is 0.400. The minimum absolute atomic E-state index is 0.250. The second-order valence-corrected chi connectivity index (χ2v) is 7.60. The summed E-state index contributed by atoms with van der Waals surface area (Å²) in [7, 11) is 0. The van der Waals surface area contributed by atoms with Crippen LogP contribution in [-0.2, 0) is 20.7 Å². The summed E-state index contributed by atoms with van der Waals surface area (Å²) in [5.74, 6) is -4.99. The average molecular weight is 502 g/mol. The molecule has 35 heavy (non-hydrogen) atoms. The molecule has 1 saturated heterocycles. The van der Waals surface area contributed by atoms with Crippen LogP contribution in [0.5, 0.6) is 0 Å². The van der Waals surface area contributed by atoms with Gasteiger partial charge in [-0.1, -0.05) is 0 Å². The Kier molecular flexibility index (Phi) is 8.06. The van der Waals surface area contributed by atoms with Crippen LogP contribution in [0.1, 0.15) is 18.2 Å². The van der Waals surface area contributed by atoms with Crippen LogP contribution in [0.25, 0.3) is 0 Å². The number of carbonyl (C=O) groups is 2. The van der Waals surface area contributed by atoms with Crippen LogP contribution in [0.2, 0.25) is 0 Å². The molecule has 1 aromatic heterocycles. The SMILES string of the molecule is NC(=O)O[C@@H](CC(=O)Nc1ccn(C2OC(CO)C(O)C2O)c(=O)n1)Cc1cc(F)c(F)cc1F. The van der Waals surface area contributed by atoms with Crippen molar-refractivity contribution < 1.29 is 47.6 Å². The summed E-state index contributed by atoms with van der Waals surface area (Å²) in [4.78, 5) is 39.5. The van der Waals surface area contributed by atoms with E-state index in [1.807, 2.05) is 0 Å². The van der Waals surface area contributed by atoms with Crippen LogP contribution in [-0.4, -0.2) is 67.9 Å². The van der Waals surface area contributed by atoms with Crippen LogP contribution in [0, 0.1) is 17.5 Å². The highest BCUT2D eigenvalue weighted by atomic mass is 19.2. The number of carbonyl (C=O) groups excluding carboxylic acids is 2. The lowest BCUT2D eigenvalue weighted by Gasteiger charge is -2.18. The van der Waals surface area contributed by atoms with Gasteiger partial charge in [0.25, 0.3) is 0 Å². The van der Waals surface area contributed by atoms with E-state index >= 15 is 0 Å². The number of hydrogen-bond acceptors (Lipinski definition) is 9. The minimum atomic E-state index is -1.53. The first kappa shape index (κ1) is 26.1. The lowest BCUT2D eigenvalue weighted by atomic mass is 10.0. The highest BCUT2D eigenvalue weighted by molar-refractivity contribution is 5.90. The smallest absolute Gasteiger partial charge is 0.404 e. The van der Waals surface area contributed by atoms with Gasteiger partial charge in [0.15, 0.2) is 17.9 Å². The molecule has 15 heteroatoms. The molecule has 2 heterocycles. The Hall–Kier alpha value is -3.53. The van der Waals surface area contributed by atoms with E-state index in [9.17, 15) is 37.8 Å². The number of benzene rings is 1. The summed E-state index contributed by atoms with van der Waals surface area (Å²) in [5, 5.41) is 31.2. The second-order valence-electron chi connectivity index (χ2n) is 7.60. The number of nitrogens with two attached hydrogens (primary N) is 1. The average Bonchev–Trinajstić information content (AvgIpc) is 3.05. The third-order valence-electron chi connectivity index (χ3n) is 5.12. The first-order valence-electron chi connectivity index (χ1n) is 10.1. The number of halogens is 3. The number of aliphatic hydroxyl groups is 3. The molecule has 1 aliphatic rings. The molecule has 1 aromatic carbocycles. The molecular formula is C20H21F3N4O8. The summed E-state index contributed by atoms with van der Waals surface area (Å²) in [6, 6.07) is 2.02. The number of anilines is 1. The van der Waals surface area contributed by atoms with Gasteiger partial charge < -0.3 is 35.8 Å². The lowest BCUT2D eigenvalue weighted by Crippen LogP contribution is -2.36. The van der Waals surface area contributed by atoms with Crippen LogP contribution in [0.4, 0.5) is 23.8 Å². The van der Waals surface area contributed by atoms with Gasteiger partial charge in [-0.2, -0.15) is 4.98 Å². The van der Waals surface area contributed by atoms with Crippen molar-refractivity contribution in [2.75, 3.05) is 11.9 Å². The topological polar surface area (TPSA) is 186 Å². The summed E-state index contributed by atoms with van der Waals surface area (Å²) in [6.07, 6.45) is -8.13. The van der Waals surface area contributed by atoms with Crippen molar-refractivity contribution in [1.29, 1.82) is 0 Å². The fourth-order valence-electron chi connectivity index (χ4n) is 3.47. The molecule has 0 spiro atoms. The molecule has 0 bridgehead atoms. The van der Waals surface area contributed by atoms with Gasteiger partial charge in [0.1, 0.15) is 36.1 Å². The number of amides is 2. The Morgan fingerprint density at radius 1 is 1.20 bits per heavy atom.